The maximum absolute atomic E-state index is 9.55. The third-order valence-electron chi connectivity index (χ3n) is 2.16. The molecule has 0 fully saturated rings. The Balaban J connectivity index is 2.10. The van der Waals surface area contributed by atoms with Gasteiger partial charge in [-0.1, -0.05) is 17.7 Å². The van der Waals surface area contributed by atoms with Crippen molar-refractivity contribution in [3.8, 4) is 5.75 Å². The summed E-state index contributed by atoms with van der Waals surface area (Å²) < 4.78 is 15.4. The highest BCUT2D eigenvalue weighted by Gasteiger charge is 2.05. The van der Waals surface area contributed by atoms with Crippen molar-refractivity contribution < 1.29 is 24.4 Å². The van der Waals surface area contributed by atoms with E-state index in [2.05, 4.69) is 0 Å². The van der Waals surface area contributed by atoms with Crippen LogP contribution in [0.15, 0.2) is 24.3 Å². The Hall–Kier alpha value is -1.14. The van der Waals surface area contributed by atoms with Crippen molar-refractivity contribution in [3.05, 3.63) is 29.8 Å². The molecule has 0 heterocycles. The first kappa shape index (κ1) is 14.9. The zero-order valence-electron chi connectivity index (χ0n) is 10.5. The Morgan fingerprint density at radius 3 is 2.39 bits per heavy atom. The van der Waals surface area contributed by atoms with Crippen molar-refractivity contribution >= 4 is 0 Å². The van der Waals surface area contributed by atoms with Gasteiger partial charge in [-0.15, -0.1) is 0 Å². The van der Waals surface area contributed by atoms with Gasteiger partial charge in [-0.25, -0.2) is 0 Å². The lowest BCUT2D eigenvalue weighted by molar-refractivity contribution is -0.0850. The fourth-order valence-corrected chi connectivity index (χ4v) is 1.28. The Morgan fingerprint density at radius 2 is 1.72 bits per heavy atom. The zero-order chi connectivity index (χ0) is 13.2. The second-order valence-corrected chi connectivity index (χ2v) is 3.80. The molecule has 0 aliphatic carbocycles. The summed E-state index contributed by atoms with van der Waals surface area (Å²) in [6.07, 6.45) is -0.995. The molecular formula is C13H20O5. The molecule has 1 atom stereocenters. The molecule has 1 aromatic rings. The fraction of sp³-hybridized carbons (Fsp3) is 0.538. The lowest BCUT2D eigenvalue weighted by Crippen LogP contribution is -2.23. The fourth-order valence-electron chi connectivity index (χ4n) is 1.28. The Kier molecular flexibility index (Phi) is 7.36. The number of hydrogen-bond acceptors (Lipinski definition) is 5. The molecule has 0 saturated heterocycles. The minimum atomic E-state index is -0.995. The average Bonchev–Trinajstić information content (AvgIpc) is 2.36. The van der Waals surface area contributed by atoms with Crippen LogP contribution in [0.4, 0.5) is 0 Å². The number of ether oxygens (including phenoxy) is 3. The molecule has 0 saturated carbocycles. The Morgan fingerprint density at radius 1 is 1.06 bits per heavy atom. The molecule has 0 spiro atoms. The normalized spacial score (nSPS) is 12.4. The van der Waals surface area contributed by atoms with Crippen LogP contribution in [0.5, 0.6) is 5.75 Å². The minimum Gasteiger partial charge on any atom is -0.463 e. The van der Waals surface area contributed by atoms with Gasteiger partial charge in [0, 0.05) is 0 Å². The van der Waals surface area contributed by atoms with Crippen molar-refractivity contribution in [1.29, 1.82) is 0 Å². The number of aliphatic hydroxyl groups is 2. The molecule has 1 aromatic carbocycles. The summed E-state index contributed by atoms with van der Waals surface area (Å²) in [5.41, 5.74) is 1.13. The number of benzene rings is 1. The topological polar surface area (TPSA) is 68.2 Å². The third kappa shape index (κ3) is 6.56. The van der Waals surface area contributed by atoms with Gasteiger partial charge < -0.3 is 24.4 Å². The SMILES string of the molecule is Cc1ccc(OC(O)COCCOCCO)cc1. The molecule has 0 amide bonds. The van der Waals surface area contributed by atoms with Gasteiger partial charge in [0.1, 0.15) is 12.4 Å². The second kappa shape index (κ2) is 8.88. The Labute approximate surface area is 107 Å². The monoisotopic (exact) mass is 256 g/mol. The second-order valence-electron chi connectivity index (χ2n) is 3.80. The summed E-state index contributed by atoms with van der Waals surface area (Å²) in [6, 6.07) is 7.41. The standard InChI is InChI=1S/C13H20O5/c1-11-2-4-12(5-3-11)18-13(15)10-17-9-8-16-7-6-14/h2-5,13-15H,6-10H2,1H3. The van der Waals surface area contributed by atoms with Crippen LogP contribution in [-0.2, 0) is 9.47 Å². The van der Waals surface area contributed by atoms with Gasteiger partial charge >= 0.3 is 0 Å². The van der Waals surface area contributed by atoms with E-state index in [1.807, 2.05) is 19.1 Å². The molecule has 0 aromatic heterocycles. The molecule has 0 aliphatic rings. The van der Waals surface area contributed by atoms with Crippen molar-refractivity contribution in [1.82, 2.24) is 0 Å². The third-order valence-corrected chi connectivity index (χ3v) is 2.16. The number of aryl methyl sites for hydroxylation is 1. The van der Waals surface area contributed by atoms with Crippen LogP contribution in [0.3, 0.4) is 0 Å². The first-order valence-corrected chi connectivity index (χ1v) is 5.90. The quantitative estimate of drug-likeness (QED) is 0.503. The molecule has 1 unspecified atom stereocenters. The molecule has 18 heavy (non-hydrogen) atoms. The van der Waals surface area contributed by atoms with Crippen LogP contribution >= 0.6 is 0 Å². The van der Waals surface area contributed by atoms with Gasteiger partial charge in [-0.3, -0.25) is 0 Å². The van der Waals surface area contributed by atoms with Crippen LogP contribution in [0.2, 0.25) is 0 Å². The van der Waals surface area contributed by atoms with Crippen molar-refractivity contribution in [2.45, 2.75) is 13.2 Å². The van der Waals surface area contributed by atoms with E-state index in [1.54, 1.807) is 12.1 Å². The summed E-state index contributed by atoms with van der Waals surface area (Å²) in [5.74, 6) is 0.605. The summed E-state index contributed by atoms with van der Waals surface area (Å²) >= 11 is 0. The van der Waals surface area contributed by atoms with E-state index in [9.17, 15) is 5.11 Å². The summed E-state index contributed by atoms with van der Waals surface area (Å²) in [5, 5.41) is 18.0. The van der Waals surface area contributed by atoms with E-state index >= 15 is 0 Å². The average molecular weight is 256 g/mol. The molecule has 0 radical (unpaired) electrons. The van der Waals surface area contributed by atoms with Crippen molar-refractivity contribution in [2.75, 3.05) is 33.0 Å². The van der Waals surface area contributed by atoms with E-state index < -0.39 is 6.29 Å². The lowest BCUT2D eigenvalue weighted by atomic mass is 10.2. The van der Waals surface area contributed by atoms with Crippen LogP contribution in [-0.4, -0.2) is 49.5 Å². The largest absolute Gasteiger partial charge is 0.463 e. The molecule has 2 N–H and O–H groups in total. The highest BCUT2D eigenvalue weighted by Crippen LogP contribution is 2.12. The zero-order valence-corrected chi connectivity index (χ0v) is 10.5. The molecule has 5 heteroatoms. The predicted molar refractivity (Wildman–Crippen MR) is 66.5 cm³/mol. The number of hydrogen-bond donors (Lipinski definition) is 2. The van der Waals surface area contributed by atoms with Crippen LogP contribution in [0.25, 0.3) is 0 Å². The van der Waals surface area contributed by atoms with E-state index in [1.165, 1.54) is 0 Å². The van der Waals surface area contributed by atoms with E-state index in [-0.39, 0.29) is 13.2 Å². The maximum atomic E-state index is 9.55. The number of rotatable bonds is 9. The molecule has 1 rings (SSSR count). The molecule has 102 valence electrons. The van der Waals surface area contributed by atoms with E-state index in [0.29, 0.717) is 25.6 Å². The van der Waals surface area contributed by atoms with Crippen LogP contribution < -0.4 is 4.74 Å². The van der Waals surface area contributed by atoms with Gasteiger partial charge in [0.15, 0.2) is 0 Å². The van der Waals surface area contributed by atoms with E-state index in [0.717, 1.165) is 5.56 Å². The first-order chi connectivity index (χ1) is 8.72. The predicted octanol–water partition coefficient (Wildman–Crippen LogP) is 0.718. The molecule has 5 nitrogen and oxygen atoms in total. The first-order valence-electron chi connectivity index (χ1n) is 5.90. The van der Waals surface area contributed by atoms with Gasteiger partial charge in [0.05, 0.1) is 26.4 Å². The highest BCUT2D eigenvalue weighted by molar-refractivity contribution is 5.26. The summed E-state index contributed by atoms with van der Waals surface area (Å²) in [4.78, 5) is 0. The Bertz CT molecular complexity index is 312. The summed E-state index contributed by atoms with van der Waals surface area (Å²) in [6.45, 7) is 3.10. The molecule has 0 bridgehead atoms. The smallest absolute Gasteiger partial charge is 0.221 e. The van der Waals surface area contributed by atoms with Crippen molar-refractivity contribution in [2.24, 2.45) is 0 Å². The van der Waals surface area contributed by atoms with Gasteiger partial charge in [-0.05, 0) is 19.1 Å². The van der Waals surface area contributed by atoms with Crippen LogP contribution in [0, 0.1) is 6.92 Å². The van der Waals surface area contributed by atoms with E-state index in [4.69, 9.17) is 19.3 Å². The van der Waals surface area contributed by atoms with Crippen molar-refractivity contribution in [3.63, 3.8) is 0 Å². The summed E-state index contributed by atoms with van der Waals surface area (Å²) in [7, 11) is 0. The van der Waals surface area contributed by atoms with Gasteiger partial charge in [0.2, 0.25) is 6.29 Å². The van der Waals surface area contributed by atoms with Crippen LogP contribution in [0.1, 0.15) is 5.56 Å². The number of aliphatic hydroxyl groups excluding tert-OH is 2. The molecular weight excluding hydrogens is 236 g/mol. The van der Waals surface area contributed by atoms with Gasteiger partial charge in [0.25, 0.3) is 0 Å². The molecule has 0 aliphatic heterocycles. The lowest BCUT2D eigenvalue weighted by Gasteiger charge is -2.13. The van der Waals surface area contributed by atoms with Gasteiger partial charge in [-0.2, -0.15) is 0 Å². The maximum Gasteiger partial charge on any atom is 0.221 e. The minimum absolute atomic E-state index is 0.000833. The highest BCUT2D eigenvalue weighted by atomic mass is 16.6.